The molecule has 0 aromatic heterocycles. The molecule has 1 fully saturated rings. The number of hydrogen-bond donors (Lipinski definition) is 1. The van der Waals surface area contributed by atoms with Crippen LogP contribution in [0.2, 0.25) is 0 Å². The van der Waals surface area contributed by atoms with Gasteiger partial charge >= 0.3 is 5.97 Å². The van der Waals surface area contributed by atoms with Crippen molar-refractivity contribution in [2.75, 3.05) is 6.54 Å². The third kappa shape index (κ3) is 2.47. The van der Waals surface area contributed by atoms with Gasteiger partial charge in [0.25, 0.3) is 0 Å². The van der Waals surface area contributed by atoms with Crippen molar-refractivity contribution in [3.05, 3.63) is 0 Å². The number of carboxylic acids is 1. The molecule has 14 heavy (non-hydrogen) atoms. The largest absolute Gasteiger partial charge is 0.480 e. The van der Waals surface area contributed by atoms with Crippen LogP contribution in [0.4, 0.5) is 0 Å². The molecule has 0 bridgehead atoms. The van der Waals surface area contributed by atoms with Crippen LogP contribution in [0.15, 0.2) is 0 Å². The highest BCUT2D eigenvalue weighted by Gasteiger charge is 2.30. The van der Waals surface area contributed by atoms with E-state index in [9.17, 15) is 9.59 Å². The first kappa shape index (κ1) is 11.0. The van der Waals surface area contributed by atoms with E-state index in [4.69, 9.17) is 5.11 Å². The van der Waals surface area contributed by atoms with Gasteiger partial charge in [-0.3, -0.25) is 4.79 Å². The van der Waals surface area contributed by atoms with Gasteiger partial charge < -0.3 is 10.0 Å². The predicted molar refractivity (Wildman–Crippen MR) is 51.9 cm³/mol. The molecule has 1 atom stereocenters. The Labute approximate surface area is 83.9 Å². The minimum atomic E-state index is -0.867. The van der Waals surface area contributed by atoms with Gasteiger partial charge in [-0.15, -0.1) is 0 Å². The van der Waals surface area contributed by atoms with Crippen molar-refractivity contribution >= 4 is 11.9 Å². The van der Waals surface area contributed by atoms with Gasteiger partial charge in [-0.1, -0.05) is 6.92 Å². The molecule has 1 saturated heterocycles. The number of hydrogen-bond acceptors (Lipinski definition) is 2. The van der Waals surface area contributed by atoms with E-state index in [1.54, 1.807) is 0 Å². The van der Waals surface area contributed by atoms with E-state index in [1.807, 2.05) is 6.92 Å². The van der Waals surface area contributed by atoms with Crippen molar-refractivity contribution in [2.24, 2.45) is 0 Å². The fourth-order valence-corrected chi connectivity index (χ4v) is 1.84. The number of amides is 1. The van der Waals surface area contributed by atoms with E-state index in [1.165, 1.54) is 4.90 Å². The number of aliphatic carboxylic acids is 1. The van der Waals surface area contributed by atoms with Gasteiger partial charge in [0, 0.05) is 13.0 Å². The number of nitrogens with zero attached hydrogens (tertiary/aromatic N) is 1. The molecule has 0 aromatic carbocycles. The first-order valence-electron chi connectivity index (χ1n) is 5.19. The highest BCUT2D eigenvalue weighted by atomic mass is 16.4. The highest BCUT2D eigenvalue weighted by Crippen LogP contribution is 2.18. The van der Waals surface area contributed by atoms with E-state index in [-0.39, 0.29) is 5.91 Å². The first-order chi connectivity index (χ1) is 6.66. The van der Waals surface area contributed by atoms with E-state index in [2.05, 4.69) is 0 Å². The molecule has 0 radical (unpaired) electrons. The molecule has 0 aliphatic carbocycles. The van der Waals surface area contributed by atoms with Gasteiger partial charge in [-0.05, 0) is 25.7 Å². The second kappa shape index (κ2) is 4.98. The van der Waals surface area contributed by atoms with Crippen LogP contribution < -0.4 is 0 Å². The summed E-state index contributed by atoms with van der Waals surface area (Å²) in [6, 6.07) is -0.581. The van der Waals surface area contributed by atoms with Gasteiger partial charge in [0.1, 0.15) is 6.04 Å². The van der Waals surface area contributed by atoms with Crippen molar-refractivity contribution in [3.63, 3.8) is 0 Å². The van der Waals surface area contributed by atoms with Gasteiger partial charge in [-0.25, -0.2) is 4.79 Å². The predicted octanol–water partition coefficient (Wildman–Crippen LogP) is 1.25. The molecule has 4 heteroatoms. The SMILES string of the molecule is CCCC(=O)N1CCCCC1C(=O)O. The summed E-state index contributed by atoms with van der Waals surface area (Å²) in [4.78, 5) is 24.0. The van der Waals surface area contributed by atoms with Crippen molar-refractivity contribution < 1.29 is 14.7 Å². The van der Waals surface area contributed by atoms with Crippen LogP contribution in [0, 0.1) is 0 Å². The lowest BCUT2D eigenvalue weighted by atomic mass is 10.0. The molecule has 1 N–H and O–H groups in total. The van der Waals surface area contributed by atoms with Crippen molar-refractivity contribution in [1.82, 2.24) is 4.90 Å². The molecule has 1 rings (SSSR count). The molecule has 80 valence electrons. The number of piperidine rings is 1. The monoisotopic (exact) mass is 199 g/mol. The van der Waals surface area contributed by atoms with Gasteiger partial charge in [-0.2, -0.15) is 0 Å². The number of carbonyl (C=O) groups excluding carboxylic acids is 1. The number of carbonyl (C=O) groups is 2. The van der Waals surface area contributed by atoms with Gasteiger partial charge in [0.05, 0.1) is 0 Å². The third-order valence-electron chi connectivity index (χ3n) is 2.57. The Morgan fingerprint density at radius 3 is 2.71 bits per heavy atom. The van der Waals surface area contributed by atoms with E-state index in [0.717, 1.165) is 19.3 Å². The average molecular weight is 199 g/mol. The fraction of sp³-hybridized carbons (Fsp3) is 0.800. The molecule has 1 aliphatic heterocycles. The van der Waals surface area contributed by atoms with Crippen LogP contribution in [-0.2, 0) is 9.59 Å². The quantitative estimate of drug-likeness (QED) is 0.744. The summed E-state index contributed by atoms with van der Waals surface area (Å²) >= 11 is 0. The summed E-state index contributed by atoms with van der Waals surface area (Å²) < 4.78 is 0. The molecule has 1 heterocycles. The van der Waals surface area contributed by atoms with E-state index < -0.39 is 12.0 Å². The summed E-state index contributed by atoms with van der Waals surface area (Å²) in [6.45, 7) is 2.54. The van der Waals surface area contributed by atoms with Crippen molar-refractivity contribution in [1.29, 1.82) is 0 Å². The van der Waals surface area contributed by atoms with Crippen LogP contribution in [-0.4, -0.2) is 34.5 Å². The van der Waals surface area contributed by atoms with E-state index >= 15 is 0 Å². The maximum Gasteiger partial charge on any atom is 0.326 e. The minimum absolute atomic E-state index is 0.0143. The molecule has 0 spiro atoms. The molecule has 1 aliphatic rings. The van der Waals surface area contributed by atoms with Crippen LogP contribution in [0.1, 0.15) is 39.0 Å². The van der Waals surface area contributed by atoms with Crippen LogP contribution >= 0.6 is 0 Å². The number of likely N-dealkylation sites (tertiary alicyclic amines) is 1. The Morgan fingerprint density at radius 2 is 2.14 bits per heavy atom. The average Bonchev–Trinajstić information content (AvgIpc) is 2.18. The van der Waals surface area contributed by atoms with Gasteiger partial charge in [0.15, 0.2) is 0 Å². The summed E-state index contributed by atoms with van der Waals surface area (Å²) in [5.41, 5.74) is 0. The minimum Gasteiger partial charge on any atom is -0.480 e. The maximum atomic E-state index is 11.6. The molecule has 0 saturated carbocycles. The van der Waals surface area contributed by atoms with Gasteiger partial charge in [0.2, 0.25) is 5.91 Å². The molecule has 0 aromatic rings. The zero-order valence-corrected chi connectivity index (χ0v) is 8.53. The van der Waals surface area contributed by atoms with Crippen LogP contribution in [0.25, 0.3) is 0 Å². The first-order valence-corrected chi connectivity index (χ1v) is 5.19. The van der Waals surface area contributed by atoms with E-state index in [0.29, 0.717) is 19.4 Å². The van der Waals surface area contributed by atoms with Crippen molar-refractivity contribution in [2.45, 2.75) is 45.1 Å². The lowest BCUT2D eigenvalue weighted by Gasteiger charge is -2.32. The zero-order chi connectivity index (χ0) is 10.6. The molecule has 4 nitrogen and oxygen atoms in total. The number of rotatable bonds is 3. The second-order valence-corrected chi connectivity index (χ2v) is 3.69. The Morgan fingerprint density at radius 1 is 1.43 bits per heavy atom. The molecule has 1 unspecified atom stereocenters. The summed E-state index contributed by atoms with van der Waals surface area (Å²) in [5, 5.41) is 8.93. The smallest absolute Gasteiger partial charge is 0.326 e. The Bertz CT molecular complexity index is 227. The van der Waals surface area contributed by atoms with Crippen LogP contribution in [0.5, 0.6) is 0 Å². The van der Waals surface area contributed by atoms with Crippen molar-refractivity contribution in [3.8, 4) is 0 Å². The maximum absolute atomic E-state index is 11.6. The standard InChI is InChI=1S/C10H17NO3/c1-2-5-9(12)11-7-4-3-6-8(11)10(13)14/h8H,2-7H2,1H3,(H,13,14). The third-order valence-corrected chi connectivity index (χ3v) is 2.57. The van der Waals surface area contributed by atoms with Crippen LogP contribution in [0.3, 0.4) is 0 Å². The molecular formula is C10H17NO3. The summed E-state index contributed by atoms with van der Waals surface area (Å²) in [6.07, 6.45) is 3.68. The lowest BCUT2D eigenvalue weighted by Crippen LogP contribution is -2.47. The normalized spacial score (nSPS) is 22.1. The summed E-state index contributed by atoms with van der Waals surface area (Å²) in [5.74, 6) is -0.881. The topological polar surface area (TPSA) is 57.6 Å². The zero-order valence-electron chi connectivity index (χ0n) is 8.53. The Kier molecular flexibility index (Phi) is 3.92. The highest BCUT2D eigenvalue weighted by molar-refractivity contribution is 5.83. The second-order valence-electron chi connectivity index (χ2n) is 3.69. The molecule has 1 amide bonds. The lowest BCUT2D eigenvalue weighted by molar-refractivity contribution is -0.152. The summed E-state index contributed by atoms with van der Waals surface area (Å²) in [7, 11) is 0. The fourth-order valence-electron chi connectivity index (χ4n) is 1.84. The molecular weight excluding hydrogens is 182 g/mol. The Balaban J connectivity index is 2.62. The Hall–Kier alpha value is -1.06. The number of carboxylic acid groups (broad SMARTS) is 1.